The van der Waals surface area contributed by atoms with Gasteiger partial charge in [-0.05, 0) is 37.3 Å². The molecule has 34 heavy (non-hydrogen) atoms. The standard InChI is InChI=1S/C22H19N3O9/c1-10(26)12-4-5-16(22(33)34-3)17(9-12)24-25-18(11(2)27)19(28)23-15-7-13(20(29)30)6-14(8-15)21(31)32/h4-9,24H,1-3H3,(H,23,28)(H,29,30)(H,31,32)/b25-18-. The first-order valence-electron chi connectivity index (χ1n) is 9.45. The average molecular weight is 469 g/mol. The van der Waals surface area contributed by atoms with Crippen LogP contribution in [-0.4, -0.2) is 58.4 Å². The molecular weight excluding hydrogens is 450 g/mol. The van der Waals surface area contributed by atoms with E-state index in [1.165, 1.54) is 25.1 Å². The molecule has 0 spiro atoms. The number of nitrogens with zero attached hydrogens (tertiary/aromatic N) is 1. The molecule has 0 aliphatic rings. The Balaban J connectivity index is 2.43. The van der Waals surface area contributed by atoms with Gasteiger partial charge < -0.3 is 20.3 Å². The normalized spacial score (nSPS) is 10.7. The second-order valence-electron chi connectivity index (χ2n) is 6.80. The first kappa shape index (κ1) is 25.4. The number of aromatic carboxylic acids is 2. The lowest BCUT2D eigenvalue weighted by molar-refractivity contribution is -0.114. The molecule has 12 nitrogen and oxygen atoms in total. The minimum absolute atomic E-state index is 0.0212. The van der Waals surface area contributed by atoms with Crippen molar-refractivity contribution in [2.24, 2.45) is 5.10 Å². The molecule has 0 saturated heterocycles. The molecule has 176 valence electrons. The van der Waals surface area contributed by atoms with E-state index in [0.717, 1.165) is 32.2 Å². The lowest BCUT2D eigenvalue weighted by Crippen LogP contribution is -2.29. The van der Waals surface area contributed by atoms with Gasteiger partial charge in [0.15, 0.2) is 17.3 Å². The number of hydrogen-bond acceptors (Lipinski definition) is 9. The molecule has 2 rings (SSSR count). The number of ketones is 2. The van der Waals surface area contributed by atoms with Crippen LogP contribution in [0.2, 0.25) is 0 Å². The van der Waals surface area contributed by atoms with E-state index < -0.39 is 46.4 Å². The molecule has 0 aliphatic heterocycles. The lowest BCUT2D eigenvalue weighted by atomic mass is 10.1. The summed E-state index contributed by atoms with van der Waals surface area (Å²) in [5.41, 5.74) is 0.870. The average Bonchev–Trinajstić information content (AvgIpc) is 2.77. The quantitative estimate of drug-likeness (QED) is 0.139. The van der Waals surface area contributed by atoms with E-state index in [1.54, 1.807) is 0 Å². The third-order valence-electron chi connectivity index (χ3n) is 4.35. The van der Waals surface area contributed by atoms with Crippen molar-refractivity contribution in [3.8, 4) is 0 Å². The number of methoxy groups -OCH3 is 1. The monoisotopic (exact) mass is 469 g/mol. The highest BCUT2D eigenvalue weighted by atomic mass is 16.5. The van der Waals surface area contributed by atoms with Gasteiger partial charge in [0, 0.05) is 18.2 Å². The van der Waals surface area contributed by atoms with E-state index in [0.29, 0.717) is 0 Å². The predicted octanol–water partition coefficient (Wildman–Crippen LogP) is 2.07. The summed E-state index contributed by atoms with van der Waals surface area (Å²) in [4.78, 5) is 70.9. The SMILES string of the molecule is COC(=O)c1ccc(C(C)=O)cc1N/N=C(/C(C)=O)C(=O)Nc1cc(C(=O)O)cc(C(=O)O)c1. The molecule has 0 unspecified atom stereocenters. The zero-order chi connectivity index (χ0) is 25.6. The summed E-state index contributed by atoms with van der Waals surface area (Å²) < 4.78 is 4.66. The highest BCUT2D eigenvalue weighted by molar-refractivity contribution is 6.67. The Bertz CT molecular complexity index is 1220. The van der Waals surface area contributed by atoms with E-state index in [-0.39, 0.29) is 28.3 Å². The first-order chi connectivity index (χ1) is 15.9. The Morgan fingerprint density at radius 2 is 1.44 bits per heavy atom. The number of hydrazone groups is 1. The van der Waals surface area contributed by atoms with E-state index in [4.69, 9.17) is 10.2 Å². The number of Topliss-reactive ketones (excluding diaryl/α,β-unsaturated/α-hetero) is 2. The van der Waals surface area contributed by atoms with Crippen molar-refractivity contribution in [1.82, 2.24) is 0 Å². The molecule has 4 N–H and O–H groups in total. The van der Waals surface area contributed by atoms with Crippen molar-refractivity contribution >= 4 is 52.5 Å². The summed E-state index contributed by atoms with van der Waals surface area (Å²) >= 11 is 0. The molecule has 2 aromatic rings. The molecule has 0 heterocycles. The third kappa shape index (κ3) is 6.09. The van der Waals surface area contributed by atoms with Gasteiger partial charge in [-0.25, -0.2) is 14.4 Å². The molecule has 0 aromatic heterocycles. The smallest absolute Gasteiger partial charge is 0.340 e. The van der Waals surface area contributed by atoms with Crippen LogP contribution in [0, 0.1) is 0 Å². The maximum atomic E-state index is 12.6. The van der Waals surface area contributed by atoms with Crippen molar-refractivity contribution in [3.05, 3.63) is 58.7 Å². The van der Waals surface area contributed by atoms with Crippen molar-refractivity contribution < 1.29 is 43.7 Å². The summed E-state index contributed by atoms with van der Waals surface area (Å²) in [6, 6.07) is 6.88. The number of ether oxygens (including phenoxy) is 1. The van der Waals surface area contributed by atoms with Gasteiger partial charge >= 0.3 is 17.9 Å². The minimum atomic E-state index is -1.43. The number of benzene rings is 2. The van der Waals surface area contributed by atoms with Gasteiger partial charge in [-0.2, -0.15) is 5.10 Å². The first-order valence-corrected chi connectivity index (χ1v) is 9.45. The van der Waals surface area contributed by atoms with Crippen molar-refractivity contribution in [2.45, 2.75) is 13.8 Å². The van der Waals surface area contributed by atoms with Gasteiger partial charge in [0.2, 0.25) is 0 Å². The van der Waals surface area contributed by atoms with Crippen molar-refractivity contribution in [3.63, 3.8) is 0 Å². The topological polar surface area (TPSA) is 189 Å². The molecule has 0 bridgehead atoms. The van der Waals surface area contributed by atoms with Crippen molar-refractivity contribution in [1.29, 1.82) is 0 Å². The molecule has 0 aliphatic carbocycles. The van der Waals surface area contributed by atoms with Gasteiger partial charge in [0.1, 0.15) is 0 Å². The van der Waals surface area contributed by atoms with Gasteiger partial charge in [0.25, 0.3) is 5.91 Å². The number of carbonyl (C=O) groups excluding carboxylic acids is 4. The molecule has 1 amide bonds. The fraction of sp³-hybridized carbons (Fsp3) is 0.136. The van der Waals surface area contributed by atoms with Gasteiger partial charge in [-0.1, -0.05) is 6.07 Å². The van der Waals surface area contributed by atoms with Crippen LogP contribution >= 0.6 is 0 Å². The van der Waals surface area contributed by atoms with Crippen LogP contribution in [0.15, 0.2) is 41.5 Å². The number of anilines is 2. The molecule has 2 aromatic carbocycles. The van der Waals surface area contributed by atoms with E-state index in [9.17, 15) is 28.8 Å². The summed E-state index contributed by atoms with van der Waals surface area (Å²) in [7, 11) is 1.14. The van der Waals surface area contributed by atoms with Gasteiger partial charge in [0.05, 0.1) is 29.5 Å². The third-order valence-corrected chi connectivity index (χ3v) is 4.35. The number of nitrogens with one attached hydrogen (secondary N) is 2. The van der Waals surface area contributed by atoms with E-state index in [2.05, 4.69) is 20.6 Å². The number of esters is 1. The highest BCUT2D eigenvalue weighted by Gasteiger charge is 2.20. The maximum absolute atomic E-state index is 12.6. The minimum Gasteiger partial charge on any atom is -0.478 e. The summed E-state index contributed by atoms with van der Waals surface area (Å²) in [5.74, 6) is -5.84. The number of amides is 1. The van der Waals surface area contributed by atoms with Crippen LogP contribution in [0.25, 0.3) is 0 Å². The number of carbonyl (C=O) groups is 6. The van der Waals surface area contributed by atoms with Crippen LogP contribution in [0.1, 0.15) is 55.3 Å². The number of hydrogen-bond donors (Lipinski definition) is 4. The molecule has 0 saturated carbocycles. The summed E-state index contributed by atoms with van der Waals surface area (Å²) in [5, 5.41) is 24.3. The molecule has 12 heteroatoms. The largest absolute Gasteiger partial charge is 0.478 e. The summed E-state index contributed by atoms with van der Waals surface area (Å²) in [6.07, 6.45) is 0. The fourth-order valence-corrected chi connectivity index (χ4v) is 2.69. The lowest BCUT2D eigenvalue weighted by Gasteiger charge is -2.11. The zero-order valence-corrected chi connectivity index (χ0v) is 18.2. The Hall–Kier alpha value is -4.87. The van der Waals surface area contributed by atoms with Gasteiger partial charge in [-0.15, -0.1) is 0 Å². The Morgan fingerprint density at radius 1 is 0.853 bits per heavy atom. The Labute approximate surface area is 192 Å². The van der Waals surface area contributed by atoms with Crippen LogP contribution in [0.3, 0.4) is 0 Å². The highest BCUT2D eigenvalue weighted by Crippen LogP contribution is 2.20. The van der Waals surface area contributed by atoms with Gasteiger partial charge in [-0.3, -0.25) is 19.8 Å². The number of carboxylic acids is 2. The maximum Gasteiger partial charge on any atom is 0.340 e. The second-order valence-corrected chi connectivity index (χ2v) is 6.80. The zero-order valence-electron chi connectivity index (χ0n) is 18.2. The van der Waals surface area contributed by atoms with Crippen LogP contribution < -0.4 is 10.7 Å². The molecule has 0 atom stereocenters. The molecular formula is C22H19N3O9. The number of carboxylic acid groups (broad SMARTS) is 2. The fourth-order valence-electron chi connectivity index (χ4n) is 2.69. The number of rotatable bonds is 9. The Morgan fingerprint density at radius 3 is 1.91 bits per heavy atom. The second kappa shape index (κ2) is 10.6. The predicted molar refractivity (Wildman–Crippen MR) is 119 cm³/mol. The summed E-state index contributed by atoms with van der Waals surface area (Å²) in [6.45, 7) is 2.33. The van der Waals surface area contributed by atoms with E-state index in [1.807, 2.05) is 0 Å². The van der Waals surface area contributed by atoms with Crippen molar-refractivity contribution in [2.75, 3.05) is 17.9 Å². The van der Waals surface area contributed by atoms with Crippen LogP contribution in [0.5, 0.6) is 0 Å². The van der Waals surface area contributed by atoms with Crippen LogP contribution in [0.4, 0.5) is 11.4 Å². The molecule has 0 radical (unpaired) electrons. The van der Waals surface area contributed by atoms with Crippen LogP contribution in [-0.2, 0) is 14.3 Å². The Kier molecular flexibility index (Phi) is 7.94. The molecule has 0 fully saturated rings. The van der Waals surface area contributed by atoms with E-state index >= 15 is 0 Å².